The van der Waals surface area contributed by atoms with Crippen molar-refractivity contribution in [1.82, 2.24) is 4.98 Å². The first-order valence-electron chi connectivity index (χ1n) is 7.05. The van der Waals surface area contributed by atoms with Crippen LogP contribution >= 0.6 is 11.3 Å². The smallest absolute Gasteiger partial charge is 0.338 e. The number of hydrogen-bond acceptors (Lipinski definition) is 6. The van der Waals surface area contributed by atoms with Crippen LogP contribution in [0.4, 0.5) is 0 Å². The molecular weight excluding hydrogens is 302 g/mol. The number of rotatable bonds is 8. The lowest BCUT2D eigenvalue weighted by Crippen LogP contribution is -2.07. The van der Waals surface area contributed by atoms with E-state index in [1.54, 1.807) is 42.7 Å². The van der Waals surface area contributed by atoms with E-state index < -0.39 is 0 Å². The minimum absolute atomic E-state index is 0.185. The van der Waals surface area contributed by atoms with Crippen LogP contribution in [-0.4, -0.2) is 31.3 Å². The lowest BCUT2D eigenvalue weighted by Gasteiger charge is -2.07. The minimum Gasteiger partial charge on any atom is -0.491 e. The van der Waals surface area contributed by atoms with Gasteiger partial charge in [0.25, 0.3) is 0 Å². The Balaban J connectivity index is 1.90. The molecule has 0 aliphatic carbocycles. The highest BCUT2D eigenvalue weighted by atomic mass is 32.1. The van der Waals surface area contributed by atoms with Gasteiger partial charge in [-0.15, -0.1) is 11.3 Å². The van der Waals surface area contributed by atoms with Crippen molar-refractivity contribution in [2.75, 3.05) is 20.3 Å². The predicted octanol–water partition coefficient (Wildman–Crippen LogP) is 3.09. The number of benzene rings is 1. The molecule has 1 aromatic carbocycles. The highest BCUT2D eigenvalue weighted by molar-refractivity contribution is 7.09. The fraction of sp³-hybridized carbons (Fsp3) is 0.375. The Morgan fingerprint density at radius 3 is 2.91 bits per heavy atom. The summed E-state index contributed by atoms with van der Waals surface area (Å²) in [5, 5.41) is 2.95. The number of ether oxygens (including phenoxy) is 3. The van der Waals surface area contributed by atoms with Crippen molar-refractivity contribution < 1.29 is 19.0 Å². The molecule has 0 atom stereocenters. The molecule has 5 nitrogen and oxygen atoms in total. The summed E-state index contributed by atoms with van der Waals surface area (Å²) in [4.78, 5) is 16.4. The van der Waals surface area contributed by atoms with Gasteiger partial charge in [0.05, 0.1) is 22.9 Å². The topological polar surface area (TPSA) is 57.7 Å². The van der Waals surface area contributed by atoms with E-state index in [2.05, 4.69) is 4.98 Å². The number of carbonyl (C=O) groups is 1. The van der Waals surface area contributed by atoms with Gasteiger partial charge >= 0.3 is 5.97 Å². The number of hydrogen-bond donors (Lipinski definition) is 0. The van der Waals surface area contributed by atoms with Gasteiger partial charge in [-0.25, -0.2) is 9.78 Å². The van der Waals surface area contributed by atoms with Crippen molar-refractivity contribution in [3.63, 3.8) is 0 Å². The summed E-state index contributed by atoms with van der Waals surface area (Å²) in [6, 6.07) is 6.91. The Morgan fingerprint density at radius 2 is 2.18 bits per heavy atom. The zero-order valence-electron chi connectivity index (χ0n) is 12.7. The normalized spacial score (nSPS) is 10.5. The van der Waals surface area contributed by atoms with E-state index in [0.717, 1.165) is 17.1 Å². The van der Waals surface area contributed by atoms with Crippen LogP contribution in [0.15, 0.2) is 29.6 Å². The molecule has 1 aromatic heterocycles. The second-order valence-electron chi connectivity index (χ2n) is 4.53. The molecule has 2 aromatic rings. The van der Waals surface area contributed by atoms with Crippen LogP contribution in [0, 0.1) is 0 Å². The summed E-state index contributed by atoms with van der Waals surface area (Å²) in [6.07, 6.45) is 0.888. The van der Waals surface area contributed by atoms with Crippen LogP contribution in [0.1, 0.15) is 28.0 Å². The van der Waals surface area contributed by atoms with Crippen LogP contribution in [0.25, 0.3) is 0 Å². The van der Waals surface area contributed by atoms with Gasteiger partial charge < -0.3 is 14.2 Å². The van der Waals surface area contributed by atoms with Gasteiger partial charge in [0, 0.05) is 12.5 Å². The maximum Gasteiger partial charge on any atom is 0.338 e. The maximum atomic E-state index is 12.0. The summed E-state index contributed by atoms with van der Waals surface area (Å²) in [7, 11) is 1.61. The average molecular weight is 321 g/mol. The van der Waals surface area contributed by atoms with E-state index in [1.807, 2.05) is 12.3 Å². The van der Waals surface area contributed by atoms with Crippen molar-refractivity contribution in [2.45, 2.75) is 20.0 Å². The Bertz CT molecular complexity index is 612. The van der Waals surface area contributed by atoms with Crippen molar-refractivity contribution in [1.29, 1.82) is 0 Å². The second kappa shape index (κ2) is 8.51. The Hall–Kier alpha value is -1.92. The molecule has 22 heavy (non-hydrogen) atoms. The summed E-state index contributed by atoms with van der Waals surface area (Å²) in [6.45, 7) is 3.17. The zero-order valence-corrected chi connectivity index (χ0v) is 13.5. The molecule has 0 radical (unpaired) electrons. The molecule has 0 aliphatic rings. The second-order valence-corrected chi connectivity index (χ2v) is 5.47. The van der Waals surface area contributed by atoms with E-state index >= 15 is 0 Å². The summed E-state index contributed by atoms with van der Waals surface area (Å²) < 4.78 is 15.7. The number of aryl methyl sites for hydroxylation is 1. The molecule has 118 valence electrons. The van der Waals surface area contributed by atoms with Gasteiger partial charge in [-0.05, 0) is 24.6 Å². The standard InChI is InChI=1S/C16H19NO4S/c1-3-15-17-13(11-22-15)10-21-16(18)12-5-4-6-14(9-12)20-8-7-19-2/h4-6,9,11H,3,7-8,10H2,1-2H3. The number of methoxy groups -OCH3 is 1. The lowest BCUT2D eigenvalue weighted by atomic mass is 10.2. The first-order valence-corrected chi connectivity index (χ1v) is 7.93. The number of aromatic nitrogens is 1. The number of nitrogens with zero attached hydrogens (tertiary/aromatic N) is 1. The van der Waals surface area contributed by atoms with E-state index in [4.69, 9.17) is 14.2 Å². The zero-order chi connectivity index (χ0) is 15.8. The summed E-state index contributed by atoms with van der Waals surface area (Å²) in [5.74, 6) is 0.233. The quantitative estimate of drug-likeness (QED) is 0.552. The molecule has 0 saturated heterocycles. The van der Waals surface area contributed by atoms with Gasteiger partial charge in [0.15, 0.2) is 0 Å². The molecule has 0 fully saturated rings. The van der Waals surface area contributed by atoms with Crippen molar-refractivity contribution in [3.05, 3.63) is 45.9 Å². The molecule has 6 heteroatoms. The van der Waals surface area contributed by atoms with E-state index in [1.165, 1.54) is 0 Å². The van der Waals surface area contributed by atoms with Crippen molar-refractivity contribution in [3.8, 4) is 5.75 Å². The van der Waals surface area contributed by atoms with Gasteiger partial charge in [-0.3, -0.25) is 0 Å². The molecule has 0 spiro atoms. The largest absolute Gasteiger partial charge is 0.491 e. The molecule has 2 rings (SSSR count). The highest BCUT2D eigenvalue weighted by Gasteiger charge is 2.10. The van der Waals surface area contributed by atoms with Crippen molar-refractivity contribution >= 4 is 17.3 Å². The fourth-order valence-corrected chi connectivity index (χ4v) is 2.49. The van der Waals surface area contributed by atoms with Crippen LogP contribution < -0.4 is 4.74 Å². The van der Waals surface area contributed by atoms with Crippen LogP contribution in [-0.2, 0) is 22.5 Å². The third kappa shape index (κ3) is 4.82. The van der Waals surface area contributed by atoms with Gasteiger partial charge in [-0.2, -0.15) is 0 Å². The molecule has 0 unspecified atom stereocenters. The molecule has 0 saturated carbocycles. The van der Waals surface area contributed by atoms with Crippen molar-refractivity contribution in [2.24, 2.45) is 0 Å². The first-order chi connectivity index (χ1) is 10.7. The predicted molar refractivity (Wildman–Crippen MR) is 84.4 cm³/mol. The lowest BCUT2D eigenvalue weighted by molar-refractivity contribution is 0.0467. The fourth-order valence-electron chi connectivity index (χ4n) is 1.76. The molecule has 0 bridgehead atoms. The third-order valence-electron chi connectivity index (χ3n) is 2.88. The Morgan fingerprint density at radius 1 is 1.32 bits per heavy atom. The Labute approximate surface area is 133 Å². The highest BCUT2D eigenvalue weighted by Crippen LogP contribution is 2.16. The van der Waals surface area contributed by atoms with Crippen LogP contribution in [0.2, 0.25) is 0 Å². The SMILES string of the molecule is CCc1nc(COC(=O)c2cccc(OCCOC)c2)cs1. The van der Waals surface area contributed by atoms with Crippen LogP contribution in [0.5, 0.6) is 5.75 Å². The average Bonchev–Trinajstić information content (AvgIpc) is 3.01. The third-order valence-corrected chi connectivity index (χ3v) is 3.92. The van der Waals surface area contributed by atoms with E-state index in [-0.39, 0.29) is 12.6 Å². The number of thiazole rings is 1. The van der Waals surface area contributed by atoms with Gasteiger partial charge in [-0.1, -0.05) is 13.0 Å². The monoisotopic (exact) mass is 321 g/mol. The first kappa shape index (κ1) is 16.5. The molecule has 1 heterocycles. The molecule has 0 aliphatic heterocycles. The number of carbonyl (C=O) groups excluding carboxylic acids is 1. The maximum absolute atomic E-state index is 12.0. The number of esters is 1. The molecular formula is C16H19NO4S. The molecule has 0 N–H and O–H groups in total. The summed E-state index contributed by atoms with van der Waals surface area (Å²) >= 11 is 1.58. The van der Waals surface area contributed by atoms with Crippen LogP contribution in [0.3, 0.4) is 0 Å². The van der Waals surface area contributed by atoms with E-state index in [9.17, 15) is 4.79 Å². The molecule has 0 amide bonds. The van der Waals surface area contributed by atoms with Gasteiger partial charge in [0.1, 0.15) is 19.0 Å². The minimum atomic E-state index is -0.386. The van der Waals surface area contributed by atoms with Gasteiger partial charge in [0.2, 0.25) is 0 Å². The summed E-state index contributed by atoms with van der Waals surface area (Å²) in [5.41, 5.74) is 1.24. The van der Waals surface area contributed by atoms with E-state index in [0.29, 0.717) is 24.5 Å². The Kier molecular flexibility index (Phi) is 6.36.